The van der Waals surface area contributed by atoms with E-state index in [0.717, 1.165) is 28.8 Å². The van der Waals surface area contributed by atoms with Crippen LogP contribution in [-0.2, 0) is 23.8 Å². The lowest BCUT2D eigenvalue weighted by Gasteiger charge is -2.41. The van der Waals surface area contributed by atoms with Gasteiger partial charge in [0.05, 0.1) is 19.8 Å². The number of nitrogens with zero attached hydrogens (tertiary/aromatic N) is 1. The molecule has 0 saturated carbocycles. The van der Waals surface area contributed by atoms with Crippen molar-refractivity contribution in [3.63, 3.8) is 0 Å². The average Bonchev–Trinajstić information content (AvgIpc) is 2.87. The van der Waals surface area contributed by atoms with Crippen molar-refractivity contribution in [3.05, 3.63) is 94.5 Å². The first-order valence-electron chi connectivity index (χ1n) is 11.7. The number of benzene rings is 3. The fourth-order valence-electron chi connectivity index (χ4n) is 4.95. The van der Waals surface area contributed by atoms with Crippen LogP contribution in [0.3, 0.4) is 0 Å². The maximum absolute atomic E-state index is 13.0. The Kier molecular flexibility index (Phi) is 7.54. The van der Waals surface area contributed by atoms with E-state index in [1.165, 1.54) is 12.1 Å². The van der Waals surface area contributed by atoms with Gasteiger partial charge >= 0.3 is 12.1 Å². The third kappa shape index (κ3) is 5.33. The van der Waals surface area contributed by atoms with Crippen molar-refractivity contribution in [2.45, 2.75) is 37.5 Å². The van der Waals surface area contributed by atoms with Gasteiger partial charge in [-0.15, -0.1) is 0 Å². The number of carbonyl (C=O) groups is 1. The van der Waals surface area contributed by atoms with E-state index in [2.05, 4.69) is 0 Å². The number of methoxy groups -OCH3 is 2. The molecule has 2 atom stereocenters. The van der Waals surface area contributed by atoms with Gasteiger partial charge in [0.1, 0.15) is 6.04 Å². The maximum atomic E-state index is 13.0. The molecule has 1 heterocycles. The largest absolute Gasteiger partial charge is 0.493 e. The molecule has 1 aliphatic rings. The normalized spacial score (nSPS) is 16.8. The van der Waals surface area contributed by atoms with Crippen molar-refractivity contribution in [3.8, 4) is 11.5 Å². The Hall–Kier alpha value is -3.52. The fraction of sp³-hybridized carbons (Fsp3) is 0.321. The Balaban J connectivity index is 1.71. The van der Waals surface area contributed by atoms with E-state index in [9.17, 15) is 23.1 Å². The number of carboxylic acids is 1. The van der Waals surface area contributed by atoms with Crippen molar-refractivity contribution < 1.29 is 32.5 Å². The Morgan fingerprint density at radius 2 is 1.67 bits per heavy atom. The quantitative estimate of drug-likeness (QED) is 0.407. The number of rotatable bonds is 8. The molecule has 1 aliphatic heterocycles. The van der Waals surface area contributed by atoms with E-state index in [1.54, 1.807) is 26.4 Å². The van der Waals surface area contributed by atoms with E-state index in [4.69, 9.17) is 9.47 Å². The third-order valence-electron chi connectivity index (χ3n) is 6.71. The highest BCUT2D eigenvalue weighted by atomic mass is 19.4. The van der Waals surface area contributed by atoms with Crippen molar-refractivity contribution in [2.75, 3.05) is 20.8 Å². The number of aliphatic carboxylic acids is 1. The van der Waals surface area contributed by atoms with Crippen LogP contribution in [-0.4, -0.2) is 36.7 Å². The highest BCUT2D eigenvalue weighted by Crippen LogP contribution is 2.43. The van der Waals surface area contributed by atoms with E-state index in [1.807, 2.05) is 35.2 Å². The molecule has 0 bridgehead atoms. The van der Waals surface area contributed by atoms with Crippen molar-refractivity contribution in [1.82, 2.24) is 4.90 Å². The minimum absolute atomic E-state index is 0.294. The summed E-state index contributed by atoms with van der Waals surface area (Å²) >= 11 is 0. The number of halogens is 3. The second-order valence-corrected chi connectivity index (χ2v) is 8.79. The zero-order valence-corrected chi connectivity index (χ0v) is 20.1. The molecular weight excluding hydrogens is 471 g/mol. The minimum Gasteiger partial charge on any atom is -0.493 e. The number of fused-ring (bicyclic) bond motifs is 1. The summed E-state index contributed by atoms with van der Waals surface area (Å²) in [6.07, 6.45) is -2.76. The molecule has 3 aromatic carbocycles. The van der Waals surface area contributed by atoms with Crippen molar-refractivity contribution >= 4 is 5.97 Å². The molecule has 4 rings (SSSR count). The van der Waals surface area contributed by atoms with Gasteiger partial charge in [-0.25, -0.2) is 0 Å². The summed E-state index contributed by atoms with van der Waals surface area (Å²) < 4.78 is 49.9. The molecule has 5 nitrogen and oxygen atoms in total. The Labute approximate surface area is 208 Å². The van der Waals surface area contributed by atoms with Crippen LogP contribution >= 0.6 is 0 Å². The first-order chi connectivity index (χ1) is 17.2. The van der Waals surface area contributed by atoms with E-state index >= 15 is 0 Å². The van der Waals surface area contributed by atoms with Crippen LogP contribution in [0.15, 0.2) is 66.7 Å². The van der Waals surface area contributed by atoms with Crippen LogP contribution in [0.1, 0.15) is 46.3 Å². The number of alkyl halides is 3. The van der Waals surface area contributed by atoms with Crippen LogP contribution in [0.2, 0.25) is 0 Å². The molecule has 2 unspecified atom stereocenters. The Bertz CT molecular complexity index is 1200. The first-order valence-corrected chi connectivity index (χ1v) is 11.7. The number of hydrogen-bond acceptors (Lipinski definition) is 4. The van der Waals surface area contributed by atoms with Crippen LogP contribution < -0.4 is 9.47 Å². The highest BCUT2D eigenvalue weighted by Gasteiger charge is 2.37. The maximum Gasteiger partial charge on any atom is 0.416 e. The molecule has 3 aromatic rings. The van der Waals surface area contributed by atoms with Gasteiger partial charge in [-0.2, -0.15) is 13.2 Å². The molecular formula is C28H28F3NO4. The zero-order chi connectivity index (χ0) is 25.9. The molecule has 8 heteroatoms. The SMILES string of the molecule is COc1cc2c(cc1OC)C(CCc1ccc(C(F)(F)F)cc1)N(C(C(=O)O)c1ccccc1)CC2. The number of ether oxygens (including phenoxy) is 2. The molecule has 0 saturated heterocycles. The van der Waals surface area contributed by atoms with Gasteiger partial charge < -0.3 is 14.6 Å². The molecule has 0 aliphatic carbocycles. The van der Waals surface area contributed by atoms with E-state index in [0.29, 0.717) is 42.9 Å². The lowest BCUT2D eigenvalue weighted by atomic mass is 9.86. The predicted molar refractivity (Wildman–Crippen MR) is 129 cm³/mol. The molecule has 0 fully saturated rings. The highest BCUT2D eigenvalue weighted by molar-refractivity contribution is 5.75. The van der Waals surface area contributed by atoms with Gasteiger partial charge in [-0.1, -0.05) is 42.5 Å². The predicted octanol–water partition coefficient (Wildman–Crippen LogP) is 6.08. The Morgan fingerprint density at radius 1 is 1.03 bits per heavy atom. The third-order valence-corrected chi connectivity index (χ3v) is 6.71. The number of aryl methyl sites for hydroxylation is 1. The first kappa shape index (κ1) is 25.6. The average molecular weight is 500 g/mol. The van der Waals surface area contributed by atoms with Gasteiger partial charge in [0, 0.05) is 12.6 Å². The standard InChI is InChI=1S/C28H28F3NO4/c1-35-24-16-20-14-15-32(26(27(33)34)19-6-4-3-5-7-19)23(22(20)17-25(24)36-2)13-10-18-8-11-21(12-9-18)28(29,30)31/h3-9,11-12,16-17,23,26H,10,13-15H2,1-2H3,(H,33,34). The van der Waals surface area contributed by atoms with Crippen LogP contribution in [0.25, 0.3) is 0 Å². The Morgan fingerprint density at radius 3 is 2.25 bits per heavy atom. The summed E-state index contributed by atoms with van der Waals surface area (Å²) in [5.74, 6) is 0.193. The molecule has 1 N–H and O–H groups in total. The smallest absolute Gasteiger partial charge is 0.416 e. The second-order valence-electron chi connectivity index (χ2n) is 8.79. The van der Waals surface area contributed by atoms with Crippen molar-refractivity contribution in [1.29, 1.82) is 0 Å². The van der Waals surface area contributed by atoms with Gasteiger partial charge in [-0.3, -0.25) is 9.69 Å². The minimum atomic E-state index is -4.39. The van der Waals surface area contributed by atoms with Crippen LogP contribution in [0.5, 0.6) is 11.5 Å². The van der Waals surface area contributed by atoms with Gasteiger partial charge in [0.25, 0.3) is 0 Å². The molecule has 0 aromatic heterocycles. The summed E-state index contributed by atoms with van der Waals surface area (Å²) in [7, 11) is 3.11. The zero-order valence-electron chi connectivity index (χ0n) is 20.1. The van der Waals surface area contributed by atoms with Crippen molar-refractivity contribution in [2.24, 2.45) is 0 Å². The lowest BCUT2D eigenvalue weighted by Crippen LogP contribution is -2.41. The molecule has 190 valence electrons. The summed E-state index contributed by atoms with van der Waals surface area (Å²) in [5.41, 5.74) is 2.71. The summed E-state index contributed by atoms with van der Waals surface area (Å²) in [6, 6.07) is 16.9. The number of carboxylic acid groups (broad SMARTS) is 1. The number of hydrogen-bond donors (Lipinski definition) is 1. The lowest BCUT2D eigenvalue weighted by molar-refractivity contribution is -0.145. The van der Waals surface area contributed by atoms with E-state index in [-0.39, 0.29) is 6.04 Å². The molecule has 0 radical (unpaired) electrons. The molecule has 36 heavy (non-hydrogen) atoms. The van der Waals surface area contributed by atoms with Gasteiger partial charge in [-0.05, 0) is 65.8 Å². The fourth-order valence-corrected chi connectivity index (χ4v) is 4.95. The monoisotopic (exact) mass is 499 g/mol. The van der Waals surface area contributed by atoms with E-state index < -0.39 is 23.8 Å². The van der Waals surface area contributed by atoms with Crippen LogP contribution in [0, 0.1) is 0 Å². The van der Waals surface area contributed by atoms with Gasteiger partial charge in [0.15, 0.2) is 11.5 Å². The molecule has 0 amide bonds. The van der Waals surface area contributed by atoms with Gasteiger partial charge in [0.2, 0.25) is 0 Å². The summed E-state index contributed by atoms with van der Waals surface area (Å²) in [4.78, 5) is 14.5. The summed E-state index contributed by atoms with van der Waals surface area (Å²) in [6.45, 7) is 0.506. The van der Waals surface area contributed by atoms with Crippen LogP contribution in [0.4, 0.5) is 13.2 Å². The summed E-state index contributed by atoms with van der Waals surface area (Å²) in [5, 5.41) is 10.2. The topological polar surface area (TPSA) is 59.0 Å². The molecule has 0 spiro atoms. The second kappa shape index (κ2) is 10.6.